The first kappa shape index (κ1) is 12.5. The fourth-order valence-electron chi connectivity index (χ4n) is 1.60. The number of benzene rings is 1. The molecular formula is C12H11NO4S. The van der Waals surface area contributed by atoms with Gasteiger partial charge in [0.05, 0.1) is 12.7 Å². The molecule has 18 heavy (non-hydrogen) atoms. The highest BCUT2D eigenvalue weighted by Gasteiger charge is 2.18. The fraction of sp³-hybridized carbons (Fsp3) is 0.167. The number of carboxylic acid groups (broad SMARTS) is 1. The molecular weight excluding hydrogens is 254 g/mol. The number of ether oxygens (including phenoxy) is 1. The average molecular weight is 265 g/mol. The molecule has 0 saturated carbocycles. The van der Waals surface area contributed by atoms with Gasteiger partial charge in [-0.25, -0.2) is 4.79 Å². The Morgan fingerprint density at radius 1 is 1.50 bits per heavy atom. The van der Waals surface area contributed by atoms with E-state index in [0.717, 1.165) is 10.5 Å². The van der Waals surface area contributed by atoms with Gasteiger partial charge in [-0.2, -0.15) is 0 Å². The summed E-state index contributed by atoms with van der Waals surface area (Å²) in [5.41, 5.74) is 1.19. The number of hydrogen-bond donors (Lipinski definition) is 1. The zero-order chi connectivity index (χ0) is 13.1. The Morgan fingerprint density at radius 2 is 2.28 bits per heavy atom. The van der Waals surface area contributed by atoms with Gasteiger partial charge >= 0.3 is 5.97 Å². The van der Waals surface area contributed by atoms with Crippen LogP contribution in [-0.4, -0.2) is 29.6 Å². The maximum atomic E-state index is 10.8. The number of hydrogen-bond acceptors (Lipinski definition) is 5. The molecule has 5 nitrogen and oxygen atoms in total. The van der Waals surface area contributed by atoms with Gasteiger partial charge in [-0.1, -0.05) is 11.2 Å². The lowest BCUT2D eigenvalue weighted by Gasteiger charge is -2.09. The SMILES string of the molecule is COc1cccc(SC)c1-c1cc(C(=O)O)on1. The lowest BCUT2D eigenvalue weighted by molar-refractivity contribution is 0.0652. The van der Waals surface area contributed by atoms with Crippen molar-refractivity contribution in [2.45, 2.75) is 4.90 Å². The topological polar surface area (TPSA) is 72.6 Å². The molecule has 0 amide bonds. The van der Waals surface area contributed by atoms with Gasteiger partial charge in [-0.15, -0.1) is 11.8 Å². The van der Waals surface area contributed by atoms with Gasteiger partial charge in [0.2, 0.25) is 5.76 Å². The summed E-state index contributed by atoms with van der Waals surface area (Å²) in [6.45, 7) is 0. The number of nitrogens with zero attached hydrogens (tertiary/aromatic N) is 1. The van der Waals surface area contributed by atoms with Crippen molar-refractivity contribution in [3.8, 4) is 17.0 Å². The number of aromatic carboxylic acids is 1. The first-order chi connectivity index (χ1) is 8.67. The van der Waals surface area contributed by atoms with Gasteiger partial charge in [-0.05, 0) is 18.4 Å². The van der Waals surface area contributed by atoms with Crippen LogP contribution in [0.15, 0.2) is 33.7 Å². The van der Waals surface area contributed by atoms with E-state index in [1.165, 1.54) is 17.8 Å². The van der Waals surface area contributed by atoms with Crippen LogP contribution in [0, 0.1) is 0 Å². The first-order valence-electron chi connectivity index (χ1n) is 5.08. The fourth-order valence-corrected chi connectivity index (χ4v) is 2.22. The van der Waals surface area contributed by atoms with Crippen molar-refractivity contribution in [3.05, 3.63) is 30.0 Å². The van der Waals surface area contributed by atoms with Gasteiger partial charge in [0.25, 0.3) is 0 Å². The van der Waals surface area contributed by atoms with E-state index in [4.69, 9.17) is 14.4 Å². The molecule has 0 bridgehead atoms. The maximum absolute atomic E-state index is 10.8. The molecule has 0 radical (unpaired) electrons. The molecule has 1 aromatic carbocycles. The summed E-state index contributed by atoms with van der Waals surface area (Å²) in [5.74, 6) is -0.704. The molecule has 0 aliphatic rings. The van der Waals surface area contributed by atoms with Crippen LogP contribution in [0.3, 0.4) is 0 Å². The summed E-state index contributed by atoms with van der Waals surface area (Å²) >= 11 is 1.53. The van der Waals surface area contributed by atoms with Crippen LogP contribution in [0.25, 0.3) is 11.3 Å². The molecule has 0 spiro atoms. The van der Waals surface area contributed by atoms with Crippen LogP contribution in [0.5, 0.6) is 5.75 Å². The molecule has 0 atom stereocenters. The Kier molecular flexibility index (Phi) is 3.57. The lowest BCUT2D eigenvalue weighted by atomic mass is 10.1. The van der Waals surface area contributed by atoms with Crippen molar-refractivity contribution >= 4 is 17.7 Å². The van der Waals surface area contributed by atoms with Crippen LogP contribution in [0.1, 0.15) is 10.6 Å². The molecule has 94 valence electrons. The standard InChI is InChI=1S/C12H11NO4S/c1-16-8-4-3-5-10(18-2)11(8)7-6-9(12(14)15)17-13-7/h3-6H,1-2H3,(H,14,15). The zero-order valence-corrected chi connectivity index (χ0v) is 10.7. The Balaban J connectivity index is 2.57. The number of aromatic nitrogens is 1. The minimum Gasteiger partial charge on any atom is -0.496 e. The smallest absolute Gasteiger partial charge is 0.374 e. The van der Waals surface area contributed by atoms with Crippen molar-refractivity contribution in [2.24, 2.45) is 0 Å². The van der Waals surface area contributed by atoms with Crippen LogP contribution >= 0.6 is 11.8 Å². The molecule has 2 rings (SSSR count). The Morgan fingerprint density at radius 3 is 2.83 bits per heavy atom. The summed E-state index contributed by atoms with van der Waals surface area (Å²) < 4.78 is 10.0. The van der Waals surface area contributed by atoms with E-state index < -0.39 is 5.97 Å². The van der Waals surface area contributed by atoms with E-state index in [2.05, 4.69) is 5.16 Å². The third kappa shape index (κ3) is 2.19. The van der Waals surface area contributed by atoms with E-state index in [0.29, 0.717) is 11.4 Å². The Labute approximate surface area is 108 Å². The maximum Gasteiger partial charge on any atom is 0.374 e. The van der Waals surface area contributed by atoms with Gasteiger partial charge in [-0.3, -0.25) is 0 Å². The third-order valence-corrected chi connectivity index (χ3v) is 3.18. The molecule has 0 fully saturated rings. The molecule has 2 aromatic rings. The summed E-state index contributed by atoms with van der Waals surface area (Å²) in [6, 6.07) is 6.97. The summed E-state index contributed by atoms with van der Waals surface area (Å²) in [5, 5.41) is 12.6. The van der Waals surface area contributed by atoms with Crippen LogP contribution in [-0.2, 0) is 0 Å². The second kappa shape index (κ2) is 5.14. The van der Waals surface area contributed by atoms with Crippen LogP contribution in [0.4, 0.5) is 0 Å². The number of carboxylic acids is 1. The lowest BCUT2D eigenvalue weighted by Crippen LogP contribution is -1.92. The minimum absolute atomic E-state index is 0.192. The molecule has 0 saturated heterocycles. The molecule has 1 heterocycles. The van der Waals surface area contributed by atoms with Gasteiger partial charge in [0, 0.05) is 11.0 Å². The highest BCUT2D eigenvalue weighted by molar-refractivity contribution is 7.98. The van der Waals surface area contributed by atoms with E-state index in [9.17, 15) is 4.79 Å². The minimum atomic E-state index is -1.14. The van der Waals surface area contributed by atoms with E-state index in [1.54, 1.807) is 13.2 Å². The van der Waals surface area contributed by atoms with Gasteiger partial charge < -0.3 is 14.4 Å². The second-order valence-corrected chi connectivity index (χ2v) is 4.27. The van der Waals surface area contributed by atoms with Crippen LogP contribution in [0.2, 0.25) is 0 Å². The van der Waals surface area contributed by atoms with Crippen molar-refractivity contribution in [1.29, 1.82) is 0 Å². The number of carbonyl (C=O) groups is 1. The molecule has 0 unspecified atom stereocenters. The summed E-state index contributed by atoms with van der Waals surface area (Å²) in [4.78, 5) is 11.7. The molecule has 0 aliphatic heterocycles. The van der Waals surface area contributed by atoms with Crippen molar-refractivity contribution < 1.29 is 19.2 Å². The Bertz CT molecular complexity index is 557. The Hall–Kier alpha value is -1.95. The summed E-state index contributed by atoms with van der Waals surface area (Å²) in [6.07, 6.45) is 1.93. The van der Waals surface area contributed by atoms with Crippen molar-refractivity contribution in [2.75, 3.05) is 13.4 Å². The predicted molar refractivity (Wildman–Crippen MR) is 67.2 cm³/mol. The number of methoxy groups -OCH3 is 1. The highest BCUT2D eigenvalue weighted by atomic mass is 32.2. The molecule has 6 heteroatoms. The van der Waals surface area contributed by atoms with E-state index in [-0.39, 0.29) is 5.76 Å². The van der Waals surface area contributed by atoms with Gasteiger partial charge in [0.1, 0.15) is 11.4 Å². The quantitative estimate of drug-likeness (QED) is 0.857. The van der Waals surface area contributed by atoms with Gasteiger partial charge in [0.15, 0.2) is 0 Å². The molecule has 1 N–H and O–H groups in total. The van der Waals surface area contributed by atoms with Crippen molar-refractivity contribution in [3.63, 3.8) is 0 Å². The highest BCUT2D eigenvalue weighted by Crippen LogP contribution is 2.37. The number of rotatable bonds is 4. The normalized spacial score (nSPS) is 10.3. The van der Waals surface area contributed by atoms with E-state index in [1.807, 2.05) is 18.4 Å². The largest absolute Gasteiger partial charge is 0.496 e. The summed E-state index contributed by atoms with van der Waals surface area (Å²) in [7, 11) is 1.56. The number of thioether (sulfide) groups is 1. The molecule has 0 aliphatic carbocycles. The predicted octanol–water partition coefficient (Wildman–Crippen LogP) is 2.77. The third-order valence-electron chi connectivity index (χ3n) is 2.40. The monoisotopic (exact) mass is 265 g/mol. The average Bonchev–Trinajstić information content (AvgIpc) is 2.87. The second-order valence-electron chi connectivity index (χ2n) is 3.42. The zero-order valence-electron chi connectivity index (χ0n) is 9.84. The first-order valence-corrected chi connectivity index (χ1v) is 6.31. The van der Waals surface area contributed by atoms with Crippen molar-refractivity contribution in [1.82, 2.24) is 5.16 Å². The molecule has 1 aromatic heterocycles. The van der Waals surface area contributed by atoms with Crippen LogP contribution < -0.4 is 4.74 Å². The van der Waals surface area contributed by atoms with E-state index >= 15 is 0 Å².